The zero-order chi connectivity index (χ0) is 26.8. The average Bonchev–Trinajstić information content (AvgIpc) is 2.86. The maximum Gasteiger partial charge on any atom is 0.261 e. The van der Waals surface area contributed by atoms with E-state index in [0.717, 1.165) is 12.8 Å². The molecule has 1 atom stereocenters. The van der Waals surface area contributed by atoms with E-state index in [-0.39, 0.29) is 22.0 Å². The summed E-state index contributed by atoms with van der Waals surface area (Å²) >= 11 is 5.24. The Morgan fingerprint density at radius 2 is 1.49 bits per heavy atom. The Morgan fingerprint density at radius 1 is 0.892 bits per heavy atom. The number of thiocarbonyl (C=S) groups is 1. The molecule has 1 unspecified atom stereocenters. The summed E-state index contributed by atoms with van der Waals surface area (Å²) in [7, 11) is -3.78. The minimum absolute atomic E-state index is 0.0810. The molecular weight excluding hydrogens is 510 g/mol. The molecular formula is C27H31N3O5S2. The van der Waals surface area contributed by atoms with Gasteiger partial charge in [-0.3, -0.25) is 14.8 Å². The zero-order valence-corrected chi connectivity index (χ0v) is 22.6. The highest BCUT2D eigenvalue weighted by Crippen LogP contribution is 2.21. The molecule has 0 aliphatic rings. The van der Waals surface area contributed by atoms with Crippen LogP contribution in [0.5, 0.6) is 11.5 Å². The van der Waals surface area contributed by atoms with Gasteiger partial charge < -0.3 is 14.8 Å². The minimum atomic E-state index is -3.78. The van der Waals surface area contributed by atoms with Crippen molar-refractivity contribution in [2.45, 2.75) is 44.6 Å². The summed E-state index contributed by atoms with van der Waals surface area (Å²) in [5.74, 6) is 0.988. The third-order valence-electron chi connectivity index (χ3n) is 5.22. The zero-order valence-electron chi connectivity index (χ0n) is 21.0. The van der Waals surface area contributed by atoms with Crippen molar-refractivity contribution >= 4 is 44.6 Å². The molecule has 1 amide bonds. The molecule has 0 heterocycles. The number of carbonyl (C=O) groups is 1. The average molecular weight is 542 g/mol. The predicted molar refractivity (Wildman–Crippen MR) is 150 cm³/mol. The number of carbonyl (C=O) groups excluding carboxylic acids is 1. The lowest BCUT2D eigenvalue weighted by molar-refractivity contribution is 0.0977. The van der Waals surface area contributed by atoms with E-state index in [1.165, 1.54) is 12.1 Å². The molecule has 0 saturated heterocycles. The summed E-state index contributed by atoms with van der Waals surface area (Å²) in [6.07, 6.45) is 2.09. The molecule has 0 aliphatic heterocycles. The molecule has 0 aliphatic carbocycles. The van der Waals surface area contributed by atoms with Crippen LogP contribution in [0.2, 0.25) is 0 Å². The van der Waals surface area contributed by atoms with Crippen molar-refractivity contribution in [3.05, 3.63) is 78.4 Å². The number of hydrogen-bond donors (Lipinski definition) is 3. The van der Waals surface area contributed by atoms with Crippen LogP contribution in [0.3, 0.4) is 0 Å². The second kappa shape index (κ2) is 13.1. The molecule has 196 valence electrons. The highest BCUT2D eigenvalue weighted by molar-refractivity contribution is 7.92. The summed E-state index contributed by atoms with van der Waals surface area (Å²) < 4.78 is 39.1. The Morgan fingerprint density at radius 3 is 2.08 bits per heavy atom. The summed E-state index contributed by atoms with van der Waals surface area (Å²) in [5, 5.41) is 5.59. The van der Waals surface area contributed by atoms with Gasteiger partial charge in [-0.25, -0.2) is 8.42 Å². The van der Waals surface area contributed by atoms with Gasteiger partial charge in [0.1, 0.15) is 11.5 Å². The van der Waals surface area contributed by atoms with Crippen molar-refractivity contribution in [2.75, 3.05) is 16.6 Å². The maximum atomic E-state index is 12.7. The third kappa shape index (κ3) is 8.47. The number of hydrogen-bond acceptors (Lipinski definition) is 6. The second-order valence-electron chi connectivity index (χ2n) is 8.24. The molecule has 3 rings (SSSR count). The number of rotatable bonds is 11. The molecule has 0 aromatic heterocycles. The van der Waals surface area contributed by atoms with Crippen LogP contribution < -0.4 is 24.8 Å². The molecule has 0 radical (unpaired) electrons. The fourth-order valence-corrected chi connectivity index (χ4v) is 4.71. The first-order chi connectivity index (χ1) is 17.7. The Kier molecular flexibility index (Phi) is 9.87. The van der Waals surface area contributed by atoms with Crippen molar-refractivity contribution in [1.29, 1.82) is 0 Å². The SMILES string of the molecule is CCCC(C)Oc1ccc(C(=O)NC(=S)Nc2ccc(S(=O)(=O)Nc3ccc(OCC)cc3)cc2)cc1. The number of ether oxygens (including phenoxy) is 2. The van der Waals surface area contributed by atoms with Gasteiger partial charge in [0.25, 0.3) is 15.9 Å². The van der Waals surface area contributed by atoms with Crippen LogP contribution in [0.25, 0.3) is 0 Å². The molecule has 3 aromatic rings. The van der Waals surface area contributed by atoms with Crippen LogP contribution in [0.1, 0.15) is 44.0 Å². The Labute approximate surface area is 223 Å². The maximum absolute atomic E-state index is 12.7. The van der Waals surface area contributed by atoms with Gasteiger partial charge in [-0.1, -0.05) is 13.3 Å². The van der Waals surface area contributed by atoms with Crippen molar-refractivity contribution in [1.82, 2.24) is 5.32 Å². The summed E-state index contributed by atoms with van der Waals surface area (Å²) in [6.45, 7) is 6.51. The van der Waals surface area contributed by atoms with E-state index in [1.54, 1.807) is 60.7 Å². The van der Waals surface area contributed by atoms with Crippen LogP contribution in [0.4, 0.5) is 11.4 Å². The van der Waals surface area contributed by atoms with E-state index in [0.29, 0.717) is 35.0 Å². The van der Waals surface area contributed by atoms with Gasteiger partial charge in [0.15, 0.2) is 5.11 Å². The van der Waals surface area contributed by atoms with Crippen LogP contribution in [-0.4, -0.2) is 32.1 Å². The Hall–Kier alpha value is -3.63. The van der Waals surface area contributed by atoms with Crippen molar-refractivity contribution in [3.63, 3.8) is 0 Å². The third-order valence-corrected chi connectivity index (χ3v) is 6.82. The second-order valence-corrected chi connectivity index (χ2v) is 10.3. The van der Waals surface area contributed by atoms with Gasteiger partial charge in [0.2, 0.25) is 0 Å². The van der Waals surface area contributed by atoms with Crippen LogP contribution in [0, 0.1) is 0 Å². The smallest absolute Gasteiger partial charge is 0.261 e. The van der Waals surface area contributed by atoms with E-state index in [4.69, 9.17) is 21.7 Å². The van der Waals surface area contributed by atoms with Gasteiger partial charge in [-0.2, -0.15) is 0 Å². The van der Waals surface area contributed by atoms with Crippen LogP contribution >= 0.6 is 12.2 Å². The monoisotopic (exact) mass is 541 g/mol. The molecule has 0 bridgehead atoms. The lowest BCUT2D eigenvalue weighted by Crippen LogP contribution is -2.34. The van der Waals surface area contributed by atoms with E-state index < -0.39 is 10.0 Å². The molecule has 3 N–H and O–H groups in total. The van der Waals surface area contributed by atoms with Crippen molar-refractivity contribution in [2.24, 2.45) is 0 Å². The van der Waals surface area contributed by atoms with Gasteiger partial charge in [-0.15, -0.1) is 0 Å². The van der Waals surface area contributed by atoms with E-state index in [9.17, 15) is 13.2 Å². The Balaban J connectivity index is 1.54. The van der Waals surface area contributed by atoms with Crippen molar-refractivity contribution in [3.8, 4) is 11.5 Å². The lowest BCUT2D eigenvalue weighted by Gasteiger charge is -2.14. The van der Waals surface area contributed by atoms with Crippen LogP contribution in [-0.2, 0) is 10.0 Å². The van der Waals surface area contributed by atoms with Gasteiger partial charge >= 0.3 is 0 Å². The normalized spacial score (nSPS) is 11.8. The molecule has 10 heteroatoms. The first kappa shape index (κ1) is 27.9. The van der Waals surface area contributed by atoms with Gasteiger partial charge in [-0.05, 0) is 105 Å². The summed E-state index contributed by atoms with van der Waals surface area (Å²) in [4.78, 5) is 12.6. The molecule has 3 aromatic carbocycles. The number of sulfonamides is 1. The largest absolute Gasteiger partial charge is 0.494 e. The first-order valence-corrected chi connectivity index (χ1v) is 13.8. The van der Waals surface area contributed by atoms with E-state index >= 15 is 0 Å². The minimum Gasteiger partial charge on any atom is -0.494 e. The van der Waals surface area contributed by atoms with Gasteiger partial charge in [0, 0.05) is 16.9 Å². The topological polar surface area (TPSA) is 106 Å². The molecule has 0 spiro atoms. The van der Waals surface area contributed by atoms with Gasteiger partial charge in [0.05, 0.1) is 17.6 Å². The fraction of sp³-hybridized carbons (Fsp3) is 0.259. The molecule has 0 saturated carbocycles. The molecule has 0 fully saturated rings. The Bertz CT molecular complexity index is 1290. The van der Waals surface area contributed by atoms with Crippen LogP contribution in [0.15, 0.2) is 77.7 Å². The quantitative estimate of drug-likeness (QED) is 0.272. The molecule has 8 nitrogen and oxygen atoms in total. The predicted octanol–water partition coefficient (Wildman–Crippen LogP) is 5.58. The number of nitrogens with one attached hydrogen (secondary N) is 3. The number of anilines is 2. The van der Waals surface area contributed by atoms with E-state index in [2.05, 4.69) is 22.3 Å². The fourth-order valence-electron chi connectivity index (χ4n) is 3.44. The molecule has 37 heavy (non-hydrogen) atoms. The summed E-state index contributed by atoms with van der Waals surface area (Å²) in [5.41, 5.74) is 1.38. The summed E-state index contributed by atoms with van der Waals surface area (Å²) in [6, 6.07) is 19.5. The lowest BCUT2D eigenvalue weighted by atomic mass is 10.2. The van der Waals surface area contributed by atoms with E-state index in [1.807, 2.05) is 13.8 Å². The highest BCUT2D eigenvalue weighted by atomic mass is 32.2. The standard InChI is InChI=1S/C27H31N3O5S2/c1-4-6-19(3)35-24-13-7-20(8-14-24)26(31)29-27(36)28-21-11-17-25(18-12-21)37(32,33)30-22-9-15-23(16-10-22)34-5-2/h7-19,30H,4-6H2,1-3H3,(H2,28,29,31,36). The van der Waals surface area contributed by atoms with Crippen molar-refractivity contribution < 1.29 is 22.7 Å². The number of amides is 1. The first-order valence-electron chi connectivity index (χ1n) is 11.9. The number of benzene rings is 3. The highest BCUT2D eigenvalue weighted by Gasteiger charge is 2.15.